The monoisotopic (exact) mass is 267 g/mol. The molecule has 3 heteroatoms. The Morgan fingerprint density at radius 1 is 1.16 bits per heavy atom. The average molecular weight is 267 g/mol. The maximum Gasteiger partial charge on any atom is 0.223 e. The molecule has 2 rings (SSSR count). The fourth-order valence-corrected chi connectivity index (χ4v) is 3.64. The summed E-state index contributed by atoms with van der Waals surface area (Å²) in [5.74, 6) is 2.12. The number of nitrogens with one attached hydrogen (secondary N) is 1. The molecule has 1 amide bonds. The van der Waals surface area contributed by atoms with E-state index in [1.165, 1.54) is 32.1 Å². The van der Waals surface area contributed by atoms with Crippen molar-refractivity contribution in [1.82, 2.24) is 5.32 Å². The second kappa shape index (κ2) is 6.25. The summed E-state index contributed by atoms with van der Waals surface area (Å²) in [5.41, 5.74) is -0.211. The second-order valence-corrected chi connectivity index (χ2v) is 7.35. The number of hydrogen-bond donors (Lipinski definition) is 2. The van der Waals surface area contributed by atoms with Gasteiger partial charge in [-0.3, -0.25) is 4.79 Å². The first kappa shape index (κ1) is 14.8. The van der Waals surface area contributed by atoms with Crippen LogP contribution in [0.4, 0.5) is 0 Å². The molecule has 0 aromatic carbocycles. The van der Waals surface area contributed by atoms with Crippen LogP contribution in [0.5, 0.6) is 0 Å². The summed E-state index contributed by atoms with van der Waals surface area (Å²) in [6.45, 7) is 4.65. The molecule has 2 aliphatic carbocycles. The molecule has 2 fully saturated rings. The molecule has 0 heterocycles. The summed E-state index contributed by atoms with van der Waals surface area (Å²) in [5, 5.41) is 12.3. The summed E-state index contributed by atoms with van der Waals surface area (Å²) in [6, 6.07) is 0. The number of amides is 1. The number of rotatable bonds is 4. The normalized spacial score (nSPS) is 31.6. The van der Waals surface area contributed by atoms with Crippen molar-refractivity contribution in [3.8, 4) is 0 Å². The van der Waals surface area contributed by atoms with Crippen molar-refractivity contribution in [2.75, 3.05) is 13.2 Å². The Hall–Kier alpha value is -0.570. The van der Waals surface area contributed by atoms with Crippen LogP contribution in [-0.4, -0.2) is 24.2 Å². The largest absolute Gasteiger partial charge is 0.396 e. The molecule has 0 saturated heterocycles. The number of carbonyl (C=O) groups is 1. The minimum absolute atomic E-state index is 0.114. The predicted molar refractivity (Wildman–Crippen MR) is 76.7 cm³/mol. The Balaban J connectivity index is 1.80. The van der Waals surface area contributed by atoms with Crippen LogP contribution < -0.4 is 5.32 Å². The van der Waals surface area contributed by atoms with Crippen LogP contribution >= 0.6 is 0 Å². The Kier molecular flexibility index (Phi) is 4.88. The summed E-state index contributed by atoms with van der Waals surface area (Å²) >= 11 is 0. The van der Waals surface area contributed by atoms with Gasteiger partial charge in [-0.1, -0.05) is 39.5 Å². The molecule has 19 heavy (non-hydrogen) atoms. The lowest BCUT2D eigenvalue weighted by Gasteiger charge is -2.39. The summed E-state index contributed by atoms with van der Waals surface area (Å²) in [6.07, 6.45) is 8.86. The van der Waals surface area contributed by atoms with Gasteiger partial charge in [0.05, 0.1) is 0 Å². The number of hydrogen-bond acceptors (Lipinski definition) is 2. The first-order chi connectivity index (χ1) is 9.02. The van der Waals surface area contributed by atoms with Gasteiger partial charge in [-0.05, 0) is 31.1 Å². The van der Waals surface area contributed by atoms with E-state index >= 15 is 0 Å². The van der Waals surface area contributed by atoms with E-state index in [1.54, 1.807) is 0 Å². The lowest BCUT2D eigenvalue weighted by Crippen LogP contribution is -2.41. The quantitative estimate of drug-likeness (QED) is 0.823. The average Bonchev–Trinajstić information content (AvgIpc) is 2.44. The highest BCUT2D eigenvalue weighted by atomic mass is 16.3. The summed E-state index contributed by atoms with van der Waals surface area (Å²) in [7, 11) is 0. The molecule has 0 radical (unpaired) electrons. The minimum atomic E-state index is -0.211. The van der Waals surface area contributed by atoms with Crippen molar-refractivity contribution >= 4 is 5.91 Å². The van der Waals surface area contributed by atoms with Crippen LogP contribution in [0.25, 0.3) is 0 Å². The van der Waals surface area contributed by atoms with Crippen LogP contribution in [-0.2, 0) is 4.79 Å². The third-order valence-corrected chi connectivity index (χ3v) is 5.08. The van der Waals surface area contributed by atoms with Gasteiger partial charge in [0.2, 0.25) is 5.91 Å². The van der Waals surface area contributed by atoms with E-state index < -0.39 is 0 Å². The fourth-order valence-electron chi connectivity index (χ4n) is 3.64. The van der Waals surface area contributed by atoms with Crippen molar-refractivity contribution in [2.45, 2.75) is 58.8 Å². The highest BCUT2D eigenvalue weighted by Crippen LogP contribution is 2.42. The van der Waals surface area contributed by atoms with Crippen molar-refractivity contribution in [3.05, 3.63) is 0 Å². The molecule has 2 N–H and O–H groups in total. The smallest absolute Gasteiger partial charge is 0.223 e. The number of carbonyl (C=O) groups excluding carboxylic acids is 1. The van der Waals surface area contributed by atoms with E-state index in [4.69, 9.17) is 0 Å². The molecule has 110 valence electrons. The minimum Gasteiger partial charge on any atom is -0.396 e. The molecule has 0 bridgehead atoms. The van der Waals surface area contributed by atoms with Gasteiger partial charge in [0.15, 0.2) is 0 Å². The van der Waals surface area contributed by atoms with E-state index in [2.05, 4.69) is 5.32 Å². The Morgan fingerprint density at radius 3 is 2.53 bits per heavy atom. The molecule has 0 aliphatic heterocycles. The molecule has 0 spiro atoms. The van der Waals surface area contributed by atoms with Gasteiger partial charge in [-0.25, -0.2) is 0 Å². The molecule has 2 aliphatic rings. The molecule has 3 unspecified atom stereocenters. The molecule has 2 saturated carbocycles. The van der Waals surface area contributed by atoms with Crippen LogP contribution in [0.3, 0.4) is 0 Å². The van der Waals surface area contributed by atoms with Crippen molar-refractivity contribution in [1.29, 1.82) is 0 Å². The van der Waals surface area contributed by atoms with Crippen LogP contribution in [0, 0.1) is 23.2 Å². The maximum atomic E-state index is 12.2. The van der Waals surface area contributed by atoms with Gasteiger partial charge in [0.25, 0.3) is 0 Å². The van der Waals surface area contributed by atoms with Gasteiger partial charge in [0.1, 0.15) is 0 Å². The zero-order valence-electron chi connectivity index (χ0n) is 12.5. The second-order valence-electron chi connectivity index (χ2n) is 7.35. The zero-order chi connectivity index (χ0) is 13.9. The molecular formula is C16H29NO2. The van der Waals surface area contributed by atoms with Crippen LogP contribution in [0.15, 0.2) is 0 Å². The van der Waals surface area contributed by atoms with E-state index in [9.17, 15) is 9.90 Å². The highest BCUT2D eigenvalue weighted by Gasteiger charge is 2.35. The lowest BCUT2D eigenvalue weighted by molar-refractivity contribution is -0.127. The number of fused-ring (bicyclic) bond motifs is 1. The SMILES string of the molecule is CC(C)(CO)CNC(=O)C1CCC2CCCCC2C1. The van der Waals surface area contributed by atoms with Crippen LogP contribution in [0.2, 0.25) is 0 Å². The molecule has 0 aromatic rings. The van der Waals surface area contributed by atoms with E-state index in [1.807, 2.05) is 13.8 Å². The molecule has 3 atom stereocenters. The van der Waals surface area contributed by atoms with Gasteiger partial charge < -0.3 is 10.4 Å². The van der Waals surface area contributed by atoms with Crippen molar-refractivity contribution in [2.24, 2.45) is 23.2 Å². The van der Waals surface area contributed by atoms with Crippen molar-refractivity contribution < 1.29 is 9.90 Å². The third kappa shape index (κ3) is 3.95. The topological polar surface area (TPSA) is 49.3 Å². The van der Waals surface area contributed by atoms with Gasteiger partial charge in [-0.15, -0.1) is 0 Å². The summed E-state index contributed by atoms with van der Waals surface area (Å²) in [4.78, 5) is 12.2. The highest BCUT2D eigenvalue weighted by molar-refractivity contribution is 5.78. The zero-order valence-corrected chi connectivity index (χ0v) is 12.5. The van der Waals surface area contributed by atoms with E-state index in [0.717, 1.165) is 24.7 Å². The van der Waals surface area contributed by atoms with E-state index in [-0.39, 0.29) is 23.8 Å². The Morgan fingerprint density at radius 2 is 1.84 bits per heavy atom. The van der Waals surface area contributed by atoms with Crippen molar-refractivity contribution in [3.63, 3.8) is 0 Å². The first-order valence-corrected chi connectivity index (χ1v) is 7.90. The van der Waals surface area contributed by atoms with Crippen LogP contribution in [0.1, 0.15) is 58.8 Å². The molecule has 3 nitrogen and oxygen atoms in total. The maximum absolute atomic E-state index is 12.2. The first-order valence-electron chi connectivity index (χ1n) is 7.90. The Labute approximate surface area is 117 Å². The molecule has 0 aromatic heterocycles. The van der Waals surface area contributed by atoms with Gasteiger partial charge >= 0.3 is 0 Å². The standard InChI is InChI=1S/C16H29NO2/c1-16(2,11-18)10-17-15(19)14-8-7-12-5-3-4-6-13(12)9-14/h12-14,18H,3-11H2,1-2H3,(H,17,19). The third-order valence-electron chi connectivity index (χ3n) is 5.08. The Bertz CT molecular complexity index is 314. The lowest BCUT2D eigenvalue weighted by atomic mass is 9.67. The van der Waals surface area contributed by atoms with E-state index in [0.29, 0.717) is 6.54 Å². The fraction of sp³-hybridized carbons (Fsp3) is 0.938. The predicted octanol–water partition coefficient (Wildman–Crippen LogP) is 2.73. The summed E-state index contributed by atoms with van der Waals surface area (Å²) < 4.78 is 0. The van der Waals surface area contributed by atoms with Gasteiger partial charge in [0, 0.05) is 24.5 Å². The molecular weight excluding hydrogens is 238 g/mol. The van der Waals surface area contributed by atoms with Gasteiger partial charge in [-0.2, -0.15) is 0 Å². The number of aliphatic hydroxyl groups is 1. The number of aliphatic hydroxyl groups excluding tert-OH is 1.